The second-order valence-corrected chi connectivity index (χ2v) is 10.0. The van der Waals surface area contributed by atoms with Crippen molar-refractivity contribution in [2.75, 3.05) is 18.0 Å². The number of amides is 1. The molecule has 0 aliphatic carbocycles. The van der Waals surface area contributed by atoms with E-state index in [1.165, 1.54) is 9.13 Å². The second-order valence-electron chi connectivity index (χ2n) is 8.79. The highest BCUT2D eigenvalue weighted by molar-refractivity contribution is 14.1. The number of nitrogens with zero attached hydrogens (tertiary/aromatic N) is 4. The number of hydrogen-bond acceptors (Lipinski definition) is 4. The lowest BCUT2D eigenvalue weighted by Gasteiger charge is -2.41. The van der Waals surface area contributed by atoms with Crippen LogP contribution in [0.3, 0.4) is 0 Å². The van der Waals surface area contributed by atoms with Gasteiger partial charge in [0.15, 0.2) is 0 Å². The standard InChI is InChI=1S/C28H27IN4O2.C2H6/c29-23-9-6-7-21(15-23)18-32-20-30-17-25(32)19-31-13-14-33(24-10-2-1-3-11-24)28(35)26(31)16-22-8-4-5-12-27(22)34;1-2/h1-12,15,17,20,26,34H,13-14,16,18-19H2;1-2H3. The van der Waals surface area contributed by atoms with Crippen molar-refractivity contribution in [2.45, 2.75) is 39.4 Å². The molecule has 4 aromatic rings. The first-order valence-electron chi connectivity index (χ1n) is 12.7. The number of hydrogen-bond donors (Lipinski definition) is 1. The molecule has 0 radical (unpaired) electrons. The number of halogens is 1. The van der Waals surface area contributed by atoms with Crippen molar-refractivity contribution in [3.8, 4) is 5.75 Å². The zero-order valence-corrected chi connectivity index (χ0v) is 23.5. The molecule has 1 amide bonds. The van der Waals surface area contributed by atoms with Gasteiger partial charge in [-0.05, 0) is 64.0 Å². The van der Waals surface area contributed by atoms with Crippen LogP contribution >= 0.6 is 22.6 Å². The molecule has 37 heavy (non-hydrogen) atoms. The average Bonchev–Trinajstić information content (AvgIpc) is 3.35. The maximum atomic E-state index is 13.8. The topological polar surface area (TPSA) is 61.6 Å². The van der Waals surface area contributed by atoms with Crippen LogP contribution in [0.5, 0.6) is 5.75 Å². The van der Waals surface area contributed by atoms with E-state index in [0.29, 0.717) is 19.5 Å². The number of carbonyl (C=O) groups is 1. The minimum absolute atomic E-state index is 0.0504. The summed E-state index contributed by atoms with van der Waals surface area (Å²) < 4.78 is 3.35. The van der Waals surface area contributed by atoms with Crippen LogP contribution < -0.4 is 4.90 Å². The summed E-state index contributed by atoms with van der Waals surface area (Å²) >= 11 is 2.33. The van der Waals surface area contributed by atoms with Crippen LogP contribution in [0.15, 0.2) is 91.4 Å². The zero-order valence-electron chi connectivity index (χ0n) is 21.3. The Kier molecular flexibility index (Phi) is 9.35. The molecule has 1 aliphatic heterocycles. The second kappa shape index (κ2) is 12.9. The van der Waals surface area contributed by atoms with Crippen LogP contribution in [0.2, 0.25) is 0 Å². The molecule has 1 N–H and O–H groups in total. The van der Waals surface area contributed by atoms with E-state index in [4.69, 9.17) is 0 Å². The number of rotatable bonds is 7. The molecule has 1 aromatic heterocycles. The van der Waals surface area contributed by atoms with Crippen LogP contribution in [-0.4, -0.2) is 44.6 Å². The lowest BCUT2D eigenvalue weighted by Crippen LogP contribution is -2.57. The van der Waals surface area contributed by atoms with Crippen LogP contribution in [0.1, 0.15) is 30.7 Å². The van der Waals surface area contributed by atoms with Crippen molar-refractivity contribution >= 4 is 34.2 Å². The summed E-state index contributed by atoms with van der Waals surface area (Å²) in [5, 5.41) is 10.4. The van der Waals surface area contributed by atoms with Gasteiger partial charge in [-0.3, -0.25) is 9.69 Å². The lowest BCUT2D eigenvalue weighted by atomic mass is 9.99. The highest BCUT2D eigenvalue weighted by Gasteiger charge is 2.36. The quantitative estimate of drug-likeness (QED) is 0.273. The largest absolute Gasteiger partial charge is 0.508 e. The third-order valence-electron chi connectivity index (χ3n) is 6.48. The van der Waals surface area contributed by atoms with Gasteiger partial charge in [-0.1, -0.05) is 62.4 Å². The molecule has 0 bridgehead atoms. The lowest BCUT2D eigenvalue weighted by molar-refractivity contribution is -0.126. The fourth-order valence-electron chi connectivity index (χ4n) is 4.65. The fraction of sp³-hybridized carbons (Fsp3) is 0.267. The number of benzene rings is 3. The molecule has 0 spiro atoms. The summed E-state index contributed by atoms with van der Waals surface area (Å²) in [5.41, 5.74) is 3.96. The van der Waals surface area contributed by atoms with Crippen LogP contribution in [0.25, 0.3) is 0 Å². The molecule has 1 aliphatic rings. The Morgan fingerprint density at radius 2 is 1.70 bits per heavy atom. The van der Waals surface area contributed by atoms with Gasteiger partial charge in [-0.25, -0.2) is 4.98 Å². The summed E-state index contributed by atoms with van der Waals surface area (Å²) in [4.78, 5) is 22.3. The number of aromatic hydroxyl groups is 1. The van der Waals surface area contributed by atoms with Crippen molar-refractivity contribution in [2.24, 2.45) is 0 Å². The molecule has 1 unspecified atom stereocenters. The van der Waals surface area contributed by atoms with Crippen molar-refractivity contribution < 1.29 is 9.90 Å². The zero-order chi connectivity index (χ0) is 26.2. The minimum Gasteiger partial charge on any atom is -0.508 e. The van der Waals surface area contributed by atoms with Gasteiger partial charge < -0.3 is 14.6 Å². The van der Waals surface area contributed by atoms with Gasteiger partial charge >= 0.3 is 0 Å². The predicted molar refractivity (Wildman–Crippen MR) is 157 cm³/mol. The van der Waals surface area contributed by atoms with E-state index in [1.807, 2.05) is 73.7 Å². The SMILES string of the molecule is CC.O=C1C(Cc2ccccc2O)N(Cc2cncn2Cc2cccc(I)c2)CCN1c1ccccc1. The van der Waals surface area contributed by atoms with Gasteiger partial charge in [0.2, 0.25) is 5.91 Å². The molecule has 6 nitrogen and oxygen atoms in total. The number of para-hydroxylation sites is 2. The number of phenols is 1. The molecule has 2 heterocycles. The Balaban J connectivity index is 0.00000156. The average molecular weight is 609 g/mol. The highest BCUT2D eigenvalue weighted by Crippen LogP contribution is 2.26. The summed E-state index contributed by atoms with van der Waals surface area (Å²) in [6.07, 6.45) is 4.19. The van der Waals surface area contributed by atoms with E-state index in [-0.39, 0.29) is 11.7 Å². The molecule has 7 heteroatoms. The van der Waals surface area contributed by atoms with Crippen molar-refractivity contribution in [1.82, 2.24) is 14.5 Å². The first kappa shape index (κ1) is 26.9. The Morgan fingerprint density at radius 3 is 2.46 bits per heavy atom. The number of aromatic nitrogens is 2. The van der Waals surface area contributed by atoms with E-state index in [9.17, 15) is 9.90 Å². The number of anilines is 1. The van der Waals surface area contributed by atoms with Gasteiger partial charge in [-0.15, -0.1) is 0 Å². The number of carbonyl (C=O) groups excluding carboxylic acids is 1. The Bertz CT molecular complexity index is 1310. The summed E-state index contributed by atoms with van der Waals surface area (Å²) in [5.74, 6) is 0.273. The van der Waals surface area contributed by atoms with Gasteiger partial charge in [0.25, 0.3) is 0 Å². The Hall–Kier alpha value is -3.17. The third kappa shape index (κ3) is 6.59. The molecule has 1 fully saturated rings. The summed E-state index contributed by atoms with van der Waals surface area (Å²) in [7, 11) is 0. The molecule has 1 atom stereocenters. The first-order valence-corrected chi connectivity index (χ1v) is 13.8. The number of phenolic OH excluding ortho intramolecular Hbond substituents is 1. The van der Waals surface area contributed by atoms with Gasteiger partial charge in [0.05, 0.1) is 18.1 Å². The molecule has 0 saturated carbocycles. The predicted octanol–water partition coefficient (Wildman–Crippen LogP) is 5.73. The number of piperazine rings is 1. The van der Waals surface area contributed by atoms with Crippen LogP contribution in [-0.2, 0) is 24.3 Å². The van der Waals surface area contributed by atoms with Crippen LogP contribution in [0.4, 0.5) is 5.69 Å². The van der Waals surface area contributed by atoms with Crippen LogP contribution in [0, 0.1) is 3.57 Å². The van der Waals surface area contributed by atoms with Crippen molar-refractivity contribution in [3.63, 3.8) is 0 Å². The van der Waals surface area contributed by atoms with Gasteiger partial charge in [-0.2, -0.15) is 0 Å². The normalized spacial score (nSPS) is 15.8. The van der Waals surface area contributed by atoms with E-state index in [1.54, 1.807) is 12.1 Å². The third-order valence-corrected chi connectivity index (χ3v) is 7.15. The van der Waals surface area contributed by atoms with Gasteiger partial charge in [0.1, 0.15) is 5.75 Å². The van der Waals surface area contributed by atoms with Gasteiger partial charge in [0, 0.05) is 48.1 Å². The molecule has 5 rings (SSSR count). The minimum atomic E-state index is -0.390. The molecular formula is C30H33IN4O2. The van der Waals surface area contributed by atoms with E-state index < -0.39 is 6.04 Å². The van der Waals surface area contributed by atoms with E-state index >= 15 is 0 Å². The maximum absolute atomic E-state index is 13.8. The number of imidazole rings is 1. The van der Waals surface area contributed by atoms with Crippen molar-refractivity contribution in [3.05, 3.63) is 112 Å². The summed E-state index contributed by atoms with van der Waals surface area (Å²) in [6, 6.07) is 25.1. The molecule has 192 valence electrons. The fourth-order valence-corrected chi connectivity index (χ4v) is 5.26. The monoisotopic (exact) mass is 608 g/mol. The Labute approximate surface area is 232 Å². The summed E-state index contributed by atoms with van der Waals surface area (Å²) in [6.45, 7) is 6.68. The molecule has 3 aromatic carbocycles. The van der Waals surface area contributed by atoms with E-state index in [0.717, 1.165) is 30.0 Å². The molecular weight excluding hydrogens is 575 g/mol. The maximum Gasteiger partial charge on any atom is 0.244 e. The Morgan fingerprint density at radius 1 is 0.946 bits per heavy atom. The smallest absolute Gasteiger partial charge is 0.244 e. The van der Waals surface area contributed by atoms with E-state index in [2.05, 4.69) is 61.3 Å². The van der Waals surface area contributed by atoms with Crippen molar-refractivity contribution in [1.29, 1.82) is 0 Å². The highest BCUT2D eigenvalue weighted by atomic mass is 127. The molecule has 1 saturated heterocycles. The first-order chi connectivity index (χ1) is 18.1.